The number of nitrogen functional groups attached to an aromatic ring is 1. The molecule has 2 nitrogen and oxygen atoms in total. The second-order valence-corrected chi connectivity index (χ2v) is 5.96. The third-order valence-electron chi connectivity index (χ3n) is 2.99. The smallest absolute Gasteiger partial charge is 0.139 e. The minimum absolute atomic E-state index is 0.199. The summed E-state index contributed by atoms with van der Waals surface area (Å²) in [6.45, 7) is 2.10. The zero-order valence-electron chi connectivity index (χ0n) is 10.2. The Bertz CT molecular complexity index is 542. The Morgan fingerprint density at radius 1 is 1.44 bits per heavy atom. The number of hydrogen-bond acceptors (Lipinski definition) is 3. The van der Waals surface area contributed by atoms with Gasteiger partial charge in [-0.15, -0.1) is 11.3 Å². The van der Waals surface area contributed by atoms with E-state index in [0.29, 0.717) is 10.2 Å². The van der Waals surface area contributed by atoms with Crippen LogP contribution in [0.3, 0.4) is 0 Å². The van der Waals surface area contributed by atoms with Crippen LogP contribution in [0.2, 0.25) is 0 Å². The Labute approximate surface area is 118 Å². The quantitative estimate of drug-likeness (QED) is 0.844. The number of halogens is 2. The number of hydrogen-bond donors (Lipinski definition) is 1. The molecule has 5 heteroatoms. The lowest BCUT2D eigenvalue weighted by molar-refractivity contribution is 0.621. The van der Waals surface area contributed by atoms with E-state index in [4.69, 9.17) is 5.73 Å². The zero-order valence-corrected chi connectivity index (χ0v) is 12.6. The van der Waals surface area contributed by atoms with Crippen molar-refractivity contribution in [2.24, 2.45) is 0 Å². The Hall–Kier alpha value is -1.07. The summed E-state index contributed by atoms with van der Waals surface area (Å²) in [6.07, 6.45) is 0. The summed E-state index contributed by atoms with van der Waals surface area (Å²) >= 11 is 4.89. The maximum absolute atomic E-state index is 13.4. The molecule has 1 aromatic carbocycles. The summed E-state index contributed by atoms with van der Waals surface area (Å²) in [5, 5.41) is 2.05. The minimum Gasteiger partial charge on any atom is -0.397 e. The molecule has 0 fully saturated rings. The van der Waals surface area contributed by atoms with E-state index in [2.05, 4.69) is 28.9 Å². The van der Waals surface area contributed by atoms with Crippen molar-refractivity contribution in [3.63, 3.8) is 0 Å². The van der Waals surface area contributed by atoms with Crippen LogP contribution in [-0.2, 0) is 0 Å². The molecule has 0 aliphatic rings. The first-order valence-corrected chi connectivity index (χ1v) is 7.18. The first-order chi connectivity index (χ1) is 8.50. The summed E-state index contributed by atoms with van der Waals surface area (Å²) in [6, 6.07) is 7.37. The third-order valence-corrected chi connectivity index (χ3v) is 4.64. The van der Waals surface area contributed by atoms with Gasteiger partial charge in [0.25, 0.3) is 0 Å². The van der Waals surface area contributed by atoms with E-state index in [1.165, 1.54) is 10.9 Å². The van der Waals surface area contributed by atoms with Gasteiger partial charge in [0.1, 0.15) is 5.82 Å². The van der Waals surface area contributed by atoms with Gasteiger partial charge >= 0.3 is 0 Å². The Morgan fingerprint density at radius 3 is 2.78 bits per heavy atom. The highest BCUT2D eigenvalue weighted by Gasteiger charge is 2.17. The van der Waals surface area contributed by atoms with Crippen molar-refractivity contribution in [2.45, 2.75) is 13.0 Å². The van der Waals surface area contributed by atoms with Crippen LogP contribution in [0.15, 0.2) is 34.1 Å². The summed E-state index contributed by atoms with van der Waals surface area (Å²) in [5.74, 6) is -0.339. The van der Waals surface area contributed by atoms with E-state index in [9.17, 15) is 4.39 Å². The number of benzene rings is 1. The highest BCUT2D eigenvalue weighted by molar-refractivity contribution is 9.10. The van der Waals surface area contributed by atoms with Crippen molar-refractivity contribution in [3.05, 3.63) is 44.8 Å². The summed E-state index contributed by atoms with van der Waals surface area (Å²) in [4.78, 5) is 3.29. The first kappa shape index (κ1) is 13.4. The van der Waals surface area contributed by atoms with Crippen LogP contribution in [0, 0.1) is 5.82 Å². The summed E-state index contributed by atoms with van der Waals surface area (Å²) in [7, 11) is 1.96. The number of nitrogens with zero attached hydrogens (tertiary/aromatic N) is 1. The van der Waals surface area contributed by atoms with Crippen molar-refractivity contribution in [1.82, 2.24) is 0 Å². The van der Waals surface area contributed by atoms with Crippen molar-refractivity contribution in [1.29, 1.82) is 0 Å². The van der Waals surface area contributed by atoms with Crippen LogP contribution in [0.5, 0.6) is 0 Å². The van der Waals surface area contributed by atoms with Crippen LogP contribution in [-0.4, -0.2) is 7.05 Å². The monoisotopic (exact) mass is 328 g/mol. The van der Waals surface area contributed by atoms with Gasteiger partial charge in [-0.3, -0.25) is 0 Å². The van der Waals surface area contributed by atoms with Gasteiger partial charge in [0.15, 0.2) is 0 Å². The fraction of sp³-hybridized carbons (Fsp3) is 0.231. The highest BCUT2D eigenvalue weighted by Crippen LogP contribution is 2.34. The Morgan fingerprint density at radius 2 is 2.17 bits per heavy atom. The minimum atomic E-state index is -0.339. The Balaban J connectivity index is 2.34. The molecule has 0 saturated carbocycles. The molecule has 0 spiro atoms. The highest BCUT2D eigenvalue weighted by atomic mass is 79.9. The Kier molecular flexibility index (Phi) is 3.92. The average molecular weight is 329 g/mol. The number of rotatable bonds is 3. The molecule has 2 N–H and O–H groups in total. The van der Waals surface area contributed by atoms with Crippen molar-refractivity contribution in [2.75, 3.05) is 17.7 Å². The molecule has 0 amide bonds. The van der Waals surface area contributed by atoms with Crippen molar-refractivity contribution < 1.29 is 4.39 Å². The molecule has 0 radical (unpaired) electrons. The molecule has 0 saturated heterocycles. The predicted octanol–water partition coefficient (Wildman–Crippen LogP) is 4.43. The molecule has 2 rings (SSSR count). The van der Waals surface area contributed by atoms with Crippen LogP contribution in [0.1, 0.15) is 17.8 Å². The molecule has 0 aliphatic heterocycles. The standard InChI is InChI=1S/C13H14BrFN2S/c1-8(13-4-3-5-18-13)17(2)12-6-9(14)10(15)7-11(12)16/h3-8H,16H2,1-2H3. The summed E-state index contributed by atoms with van der Waals surface area (Å²) < 4.78 is 13.8. The number of thiophene rings is 1. The van der Waals surface area contributed by atoms with E-state index < -0.39 is 0 Å². The SMILES string of the molecule is CC(c1cccs1)N(C)c1cc(Br)c(F)cc1N. The van der Waals surface area contributed by atoms with Gasteiger partial charge in [0.05, 0.1) is 21.9 Å². The van der Waals surface area contributed by atoms with Crippen LogP contribution >= 0.6 is 27.3 Å². The second kappa shape index (κ2) is 5.28. The average Bonchev–Trinajstić information content (AvgIpc) is 2.85. The molecule has 2 aromatic rings. The second-order valence-electron chi connectivity index (χ2n) is 4.13. The predicted molar refractivity (Wildman–Crippen MR) is 79.6 cm³/mol. The van der Waals surface area contributed by atoms with E-state index in [0.717, 1.165) is 5.69 Å². The summed E-state index contributed by atoms with van der Waals surface area (Å²) in [5.41, 5.74) is 7.15. The zero-order chi connectivity index (χ0) is 13.3. The molecule has 0 aliphatic carbocycles. The topological polar surface area (TPSA) is 29.3 Å². The van der Waals surface area contributed by atoms with Crippen molar-refractivity contribution in [3.8, 4) is 0 Å². The molecule has 1 unspecified atom stereocenters. The lowest BCUT2D eigenvalue weighted by Gasteiger charge is -2.27. The molecule has 1 aromatic heterocycles. The molecular formula is C13H14BrFN2S. The maximum Gasteiger partial charge on any atom is 0.139 e. The molecule has 1 atom stereocenters. The lowest BCUT2D eigenvalue weighted by atomic mass is 10.2. The molecule has 96 valence electrons. The fourth-order valence-electron chi connectivity index (χ4n) is 1.79. The molecular weight excluding hydrogens is 315 g/mol. The van der Waals surface area contributed by atoms with Crippen LogP contribution < -0.4 is 10.6 Å². The van der Waals surface area contributed by atoms with Crippen LogP contribution in [0.4, 0.5) is 15.8 Å². The van der Waals surface area contributed by atoms with Crippen molar-refractivity contribution >= 4 is 38.6 Å². The van der Waals surface area contributed by atoms with E-state index in [1.807, 2.05) is 23.4 Å². The van der Waals surface area contributed by atoms with Gasteiger partial charge in [-0.2, -0.15) is 0 Å². The van der Waals surface area contributed by atoms with Gasteiger partial charge in [0.2, 0.25) is 0 Å². The van der Waals surface area contributed by atoms with Crippen LogP contribution in [0.25, 0.3) is 0 Å². The van der Waals surface area contributed by atoms with Gasteiger partial charge in [0, 0.05) is 18.0 Å². The van der Waals surface area contributed by atoms with E-state index in [1.54, 1.807) is 17.4 Å². The number of anilines is 2. The largest absolute Gasteiger partial charge is 0.397 e. The fourth-order valence-corrected chi connectivity index (χ4v) is 2.94. The van der Waals surface area contributed by atoms with Gasteiger partial charge < -0.3 is 10.6 Å². The third kappa shape index (κ3) is 2.52. The van der Waals surface area contributed by atoms with E-state index >= 15 is 0 Å². The maximum atomic E-state index is 13.4. The normalized spacial score (nSPS) is 12.4. The molecule has 1 heterocycles. The molecule has 0 bridgehead atoms. The first-order valence-electron chi connectivity index (χ1n) is 5.51. The lowest BCUT2D eigenvalue weighted by Crippen LogP contribution is -2.22. The van der Waals surface area contributed by atoms with E-state index in [-0.39, 0.29) is 11.9 Å². The number of nitrogens with two attached hydrogens (primary N) is 1. The van der Waals surface area contributed by atoms with Gasteiger partial charge in [-0.05, 0) is 40.4 Å². The van der Waals surface area contributed by atoms with Gasteiger partial charge in [-0.25, -0.2) is 4.39 Å². The molecule has 18 heavy (non-hydrogen) atoms. The van der Waals surface area contributed by atoms with Gasteiger partial charge in [-0.1, -0.05) is 6.07 Å².